The number of carbonyl (C=O) groups excluding carboxylic acids is 1. The predicted molar refractivity (Wildman–Crippen MR) is 82.7 cm³/mol. The van der Waals surface area contributed by atoms with Crippen molar-refractivity contribution in [1.82, 2.24) is 0 Å². The number of amides is 1. The molecule has 2 rings (SSSR count). The summed E-state index contributed by atoms with van der Waals surface area (Å²) in [6.45, 7) is 4.10. The van der Waals surface area contributed by atoms with E-state index in [4.69, 9.17) is 0 Å². The molecule has 0 spiro atoms. The van der Waals surface area contributed by atoms with Crippen molar-refractivity contribution < 1.29 is 4.79 Å². The first kappa shape index (κ1) is 13.8. The highest BCUT2D eigenvalue weighted by atomic mass is 79.9. The number of carbonyl (C=O) groups is 1. The van der Waals surface area contributed by atoms with Gasteiger partial charge in [-0.3, -0.25) is 4.79 Å². The Labute approximate surface area is 122 Å². The van der Waals surface area contributed by atoms with Gasteiger partial charge in [0.1, 0.15) is 0 Å². The van der Waals surface area contributed by atoms with E-state index in [-0.39, 0.29) is 5.91 Å². The molecule has 3 heteroatoms. The lowest BCUT2D eigenvalue weighted by Gasteiger charge is -2.13. The zero-order chi connectivity index (χ0) is 13.8. The molecule has 0 saturated carbocycles. The third-order valence-corrected chi connectivity index (χ3v) is 3.56. The summed E-state index contributed by atoms with van der Waals surface area (Å²) in [7, 11) is 0. The molecule has 0 aliphatic carbocycles. The lowest BCUT2D eigenvalue weighted by molar-refractivity contribution is 0.102. The van der Waals surface area contributed by atoms with Crippen molar-refractivity contribution in [2.45, 2.75) is 20.3 Å². The fraction of sp³-hybridized carbons (Fsp3) is 0.188. The van der Waals surface area contributed by atoms with E-state index in [1.54, 1.807) is 0 Å². The molecular formula is C16H16BrNO. The number of rotatable bonds is 3. The maximum Gasteiger partial charge on any atom is 0.255 e. The van der Waals surface area contributed by atoms with E-state index in [1.807, 2.05) is 49.4 Å². The van der Waals surface area contributed by atoms with Gasteiger partial charge in [0, 0.05) is 15.7 Å². The van der Waals surface area contributed by atoms with Gasteiger partial charge >= 0.3 is 0 Å². The maximum absolute atomic E-state index is 12.3. The highest BCUT2D eigenvalue weighted by Crippen LogP contribution is 2.22. The summed E-state index contributed by atoms with van der Waals surface area (Å²) in [5, 5.41) is 3.01. The molecule has 0 heterocycles. The third kappa shape index (κ3) is 3.24. The van der Waals surface area contributed by atoms with Gasteiger partial charge in [-0.2, -0.15) is 0 Å². The summed E-state index contributed by atoms with van der Waals surface area (Å²) in [5.41, 5.74) is 3.82. The smallest absolute Gasteiger partial charge is 0.255 e. The lowest BCUT2D eigenvalue weighted by atomic mass is 10.1. The van der Waals surface area contributed by atoms with E-state index >= 15 is 0 Å². The summed E-state index contributed by atoms with van der Waals surface area (Å²) in [5.74, 6) is -0.0784. The maximum atomic E-state index is 12.3. The van der Waals surface area contributed by atoms with Crippen molar-refractivity contribution in [3.63, 3.8) is 0 Å². The van der Waals surface area contributed by atoms with E-state index in [1.165, 1.54) is 0 Å². The van der Waals surface area contributed by atoms with Crippen LogP contribution in [0.15, 0.2) is 46.9 Å². The zero-order valence-corrected chi connectivity index (χ0v) is 12.6. The molecule has 0 saturated heterocycles. The van der Waals surface area contributed by atoms with Gasteiger partial charge in [-0.1, -0.05) is 47.1 Å². The SMILES string of the molecule is CCc1cccc(C)c1NC(=O)c1cccc(Br)c1. The van der Waals surface area contributed by atoms with Crippen molar-refractivity contribution in [3.05, 3.63) is 63.6 Å². The van der Waals surface area contributed by atoms with E-state index in [9.17, 15) is 4.79 Å². The molecule has 0 atom stereocenters. The van der Waals surface area contributed by atoms with Gasteiger partial charge in [0.15, 0.2) is 0 Å². The Morgan fingerprint density at radius 1 is 1.21 bits per heavy atom. The number of hydrogen-bond acceptors (Lipinski definition) is 1. The summed E-state index contributed by atoms with van der Waals surface area (Å²) >= 11 is 3.38. The van der Waals surface area contributed by atoms with Crippen LogP contribution in [0.25, 0.3) is 0 Å². The predicted octanol–water partition coefficient (Wildman–Crippen LogP) is 4.57. The van der Waals surface area contributed by atoms with Crippen LogP contribution in [0.2, 0.25) is 0 Å². The monoisotopic (exact) mass is 317 g/mol. The normalized spacial score (nSPS) is 10.3. The van der Waals surface area contributed by atoms with Crippen LogP contribution in [0.5, 0.6) is 0 Å². The lowest BCUT2D eigenvalue weighted by Crippen LogP contribution is -2.14. The van der Waals surface area contributed by atoms with Gasteiger partial charge in [-0.15, -0.1) is 0 Å². The Kier molecular flexibility index (Phi) is 4.38. The molecule has 98 valence electrons. The largest absolute Gasteiger partial charge is 0.321 e. The fourth-order valence-electron chi connectivity index (χ4n) is 2.02. The molecule has 0 bridgehead atoms. The molecule has 0 aromatic heterocycles. The first-order chi connectivity index (χ1) is 9.11. The van der Waals surface area contributed by atoms with Crippen molar-refractivity contribution in [2.24, 2.45) is 0 Å². The van der Waals surface area contributed by atoms with E-state index < -0.39 is 0 Å². The summed E-state index contributed by atoms with van der Waals surface area (Å²) in [4.78, 5) is 12.3. The van der Waals surface area contributed by atoms with Crippen LogP contribution < -0.4 is 5.32 Å². The second-order valence-corrected chi connectivity index (χ2v) is 5.34. The quantitative estimate of drug-likeness (QED) is 0.882. The van der Waals surface area contributed by atoms with Crippen LogP contribution >= 0.6 is 15.9 Å². The molecule has 2 nitrogen and oxygen atoms in total. The molecule has 0 aliphatic rings. The van der Waals surface area contributed by atoms with Crippen molar-refractivity contribution >= 4 is 27.5 Å². The molecule has 19 heavy (non-hydrogen) atoms. The highest BCUT2D eigenvalue weighted by molar-refractivity contribution is 9.10. The van der Waals surface area contributed by atoms with E-state index in [2.05, 4.69) is 28.2 Å². The molecule has 0 aliphatic heterocycles. The van der Waals surface area contributed by atoms with Crippen LogP contribution in [-0.2, 0) is 6.42 Å². The topological polar surface area (TPSA) is 29.1 Å². The standard InChI is InChI=1S/C16H16BrNO/c1-3-12-7-4-6-11(2)15(12)18-16(19)13-8-5-9-14(17)10-13/h4-10H,3H2,1-2H3,(H,18,19). The first-order valence-corrected chi connectivity index (χ1v) is 7.06. The van der Waals surface area contributed by atoms with E-state index in [0.29, 0.717) is 5.56 Å². The second-order valence-electron chi connectivity index (χ2n) is 4.43. The minimum absolute atomic E-state index is 0.0784. The van der Waals surface area contributed by atoms with Gasteiger partial charge in [-0.25, -0.2) is 0 Å². The second kappa shape index (κ2) is 6.02. The number of anilines is 1. The van der Waals surface area contributed by atoms with Crippen LogP contribution in [-0.4, -0.2) is 5.91 Å². The number of halogens is 1. The minimum Gasteiger partial charge on any atom is -0.321 e. The molecule has 1 N–H and O–H groups in total. The van der Waals surface area contributed by atoms with Crippen LogP contribution in [0, 0.1) is 6.92 Å². The average Bonchev–Trinajstić information content (AvgIpc) is 2.41. The molecule has 0 fully saturated rings. The van der Waals surface area contributed by atoms with Gasteiger partial charge < -0.3 is 5.32 Å². The van der Waals surface area contributed by atoms with Crippen LogP contribution in [0.1, 0.15) is 28.4 Å². The van der Waals surface area contributed by atoms with Gasteiger partial charge in [0.05, 0.1) is 0 Å². The van der Waals surface area contributed by atoms with Gasteiger partial charge in [0.25, 0.3) is 5.91 Å². The Balaban J connectivity index is 2.29. The number of aryl methyl sites for hydroxylation is 2. The summed E-state index contributed by atoms with van der Waals surface area (Å²) in [6.07, 6.45) is 0.899. The van der Waals surface area contributed by atoms with E-state index in [0.717, 1.165) is 27.7 Å². The van der Waals surface area contributed by atoms with Gasteiger partial charge in [-0.05, 0) is 42.7 Å². The molecule has 0 radical (unpaired) electrons. The number of para-hydroxylation sites is 1. The number of nitrogens with one attached hydrogen (secondary N) is 1. The average molecular weight is 318 g/mol. The first-order valence-electron chi connectivity index (χ1n) is 6.27. The number of benzene rings is 2. The molecule has 2 aromatic rings. The molecule has 1 amide bonds. The summed E-state index contributed by atoms with van der Waals surface area (Å²) in [6, 6.07) is 13.5. The number of hydrogen-bond donors (Lipinski definition) is 1. The van der Waals surface area contributed by atoms with Crippen molar-refractivity contribution in [2.75, 3.05) is 5.32 Å². The van der Waals surface area contributed by atoms with Gasteiger partial charge in [0.2, 0.25) is 0 Å². The van der Waals surface area contributed by atoms with Crippen molar-refractivity contribution in [3.8, 4) is 0 Å². The molecule has 2 aromatic carbocycles. The Morgan fingerprint density at radius 3 is 2.63 bits per heavy atom. The summed E-state index contributed by atoms with van der Waals surface area (Å²) < 4.78 is 0.903. The fourth-order valence-corrected chi connectivity index (χ4v) is 2.42. The Morgan fingerprint density at radius 2 is 1.95 bits per heavy atom. The van der Waals surface area contributed by atoms with Crippen LogP contribution in [0.3, 0.4) is 0 Å². The van der Waals surface area contributed by atoms with Crippen LogP contribution in [0.4, 0.5) is 5.69 Å². The van der Waals surface area contributed by atoms with Crippen molar-refractivity contribution in [1.29, 1.82) is 0 Å². The minimum atomic E-state index is -0.0784. The Hall–Kier alpha value is -1.61. The Bertz CT molecular complexity index is 607. The third-order valence-electron chi connectivity index (χ3n) is 3.07. The molecule has 0 unspecified atom stereocenters. The zero-order valence-electron chi connectivity index (χ0n) is 11.0. The highest BCUT2D eigenvalue weighted by Gasteiger charge is 2.10. The molecular weight excluding hydrogens is 302 g/mol.